The van der Waals surface area contributed by atoms with Gasteiger partial charge in [-0.15, -0.1) is 0 Å². The van der Waals surface area contributed by atoms with Gasteiger partial charge in [-0.2, -0.15) is 0 Å². The SMILES string of the molecule is COC(=O)C(C)Oc1ccccc1CNC(C)CC1CCCCC1. The molecule has 1 aliphatic rings. The molecule has 0 amide bonds. The predicted octanol–water partition coefficient (Wildman–Crippen LogP) is 4.08. The Kier molecular flexibility index (Phi) is 7.57. The number of nitrogens with one attached hydrogen (secondary N) is 1. The van der Waals surface area contributed by atoms with Crippen molar-refractivity contribution in [3.8, 4) is 5.75 Å². The number of carbonyl (C=O) groups excluding carboxylic acids is 1. The Morgan fingerprint density at radius 3 is 2.62 bits per heavy atom. The summed E-state index contributed by atoms with van der Waals surface area (Å²) >= 11 is 0. The zero-order valence-corrected chi connectivity index (χ0v) is 15.2. The van der Waals surface area contributed by atoms with Crippen molar-refractivity contribution in [2.75, 3.05) is 7.11 Å². The summed E-state index contributed by atoms with van der Waals surface area (Å²) in [6.45, 7) is 4.72. The fourth-order valence-electron chi connectivity index (χ4n) is 3.46. The minimum absolute atomic E-state index is 0.358. The maximum Gasteiger partial charge on any atom is 0.346 e. The molecule has 0 bridgehead atoms. The molecule has 2 atom stereocenters. The van der Waals surface area contributed by atoms with E-state index in [9.17, 15) is 4.79 Å². The third kappa shape index (κ3) is 5.82. The summed E-state index contributed by atoms with van der Waals surface area (Å²) in [5.74, 6) is 1.25. The average Bonchev–Trinajstić information content (AvgIpc) is 2.61. The van der Waals surface area contributed by atoms with Gasteiger partial charge in [-0.25, -0.2) is 4.79 Å². The number of benzene rings is 1. The lowest BCUT2D eigenvalue weighted by atomic mass is 9.85. The maximum atomic E-state index is 11.6. The lowest BCUT2D eigenvalue weighted by Crippen LogP contribution is -2.29. The first-order valence-electron chi connectivity index (χ1n) is 9.16. The molecule has 0 radical (unpaired) electrons. The lowest BCUT2D eigenvalue weighted by Gasteiger charge is -2.25. The zero-order chi connectivity index (χ0) is 17.4. The summed E-state index contributed by atoms with van der Waals surface area (Å²) < 4.78 is 10.5. The molecule has 0 heterocycles. The van der Waals surface area contributed by atoms with Crippen LogP contribution in [0, 0.1) is 5.92 Å². The molecule has 0 saturated heterocycles. The van der Waals surface area contributed by atoms with Gasteiger partial charge in [0, 0.05) is 18.2 Å². The van der Waals surface area contributed by atoms with E-state index in [1.165, 1.54) is 45.6 Å². The average molecular weight is 333 g/mol. The number of rotatable bonds is 8. The van der Waals surface area contributed by atoms with Crippen LogP contribution in [0.1, 0.15) is 57.9 Å². The van der Waals surface area contributed by atoms with Gasteiger partial charge in [0.15, 0.2) is 6.10 Å². The van der Waals surface area contributed by atoms with Gasteiger partial charge in [-0.1, -0.05) is 50.3 Å². The molecule has 1 aromatic carbocycles. The topological polar surface area (TPSA) is 47.6 Å². The van der Waals surface area contributed by atoms with Gasteiger partial charge in [0.05, 0.1) is 7.11 Å². The molecule has 1 saturated carbocycles. The minimum atomic E-state index is -0.601. The van der Waals surface area contributed by atoms with E-state index in [0.29, 0.717) is 6.04 Å². The Hall–Kier alpha value is -1.55. The van der Waals surface area contributed by atoms with Crippen LogP contribution in [0.15, 0.2) is 24.3 Å². The van der Waals surface area contributed by atoms with Gasteiger partial charge in [0.1, 0.15) is 5.75 Å². The minimum Gasteiger partial charge on any atom is -0.479 e. The van der Waals surface area contributed by atoms with E-state index >= 15 is 0 Å². The molecule has 1 aliphatic carbocycles. The van der Waals surface area contributed by atoms with Gasteiger partial charge >= 0.3 is 5.97 Å². The second kappa shape index (κ2) is 9.67. The van der Waals surface area contributed by atoms with Crippen molar-refractivity contribution < 1.29 is 14.3 Å². The molecule has 2 unspecified atom stereocenters. The van der Waals surface area contributed by atoms with Crippen LogP contribution in [0.25, 0.3) is 0 Å². The van der Waals surface area contributed by atoms with Crippen molar-refractivity contribution in [2.45, 2.75) is 71.1 Å². The maximum absolute atomic E-state index is 11.6. The standard InChI is InChI=1S/C20H31NO3/c1-15(13-17-9-5-4-6-10-17)21-14-18-11-7-8-12-19(18)24-16(2)20(22)23-3/h7-8,11-12,15-17,21H,4-6,9-10,13-14H2,1-3H3. The highest BCUT2D eigenvalue weighted by Crippen LogP contribution is 2.27. The zero-order valence-electron chi connectivity index (χ0n) is 15.2. The number of hydrogen-bond acceptors (Lipinski definition) is 4. The normalized spacial score (nSPS) is 18.0. The molecule has 2 rings (SSSR count). The Morgan fingerprint density at radius 1 is 1.21 bits per heavy atom. The van der Waals surface area contributed by atoms with Gasteiger partial charge in [0.25, 0.3) is 0 Å². The Balaban J connectivity index is 1.86. The summed E-state index contributed by atoms with van der Waals surface area (Å²) in [5, 5.41) is 3.61. The third-order valence-electron chi connectivity index (χ3n) is 4.86. The highest BCUT2D eigenvalue weighted by molar-refractivity contribution is 5.74. The van der Waals surface area contributed by atoms with Crippen molar-refractivity contribution in [2.24, 2.45) is 5.92 Å². The molecule has 0 spiro atoms. The second-order valence-corrected chi connectivity index (χ2v) is 6.91. The molecule has 134 valence electrons. The summed E-state index contributed by atoms with van der Waals surface area (Å²) in [6.07, 6.45) is 7.57. The monoisotopic (exact) mass is 333 g/mol. The second-order valence-electron chi connectivity index (χ2n) is 6.91. The van der Waals surface area contributed by atoms with Crippen LogP contribution < -0.4 is 10.1 Å². The molecule has 1 aromatic rings. The molecule has 24 heavy (non-hydrogen) atoms. The van der Waals surface area contributed by atoms with Crippen molar-refractivity contribution in [1.29, 1.82) is 0 Å². The number of ether oxygens (including phenoxy) is 2. The van der Waals surface area contributed by atoms with Crippen LogP contribution in [0.2, 0.25) is 0 Å². The van der Waals surface area contributed by atoms with Crippen LogP contribution in [0.5, 0.6) is 5.75 Å². The summed E-state index contributed by atoms with van der Waals surface area (Å²) in [6, 6.07) is 8.36. The van der Waals surface area contributed by atoms with E-state index in [1.807, 2.05) is 24.3 Å². The number of carbonyl (C=O) groups is 1. The highest BCUT2D eigenvalue weighted by Gasteiger charge is 2.18. The molecule has 1 N–H and O–H groups in total. The van der Waals surface area contributed by atoms with Gasteiger partial charge in [-0.3, -0.25) is 0 Å². The predicted molar refractivity (Wildman–Crippen MR) is 96.0 cm³/mol. The molecule has 0 aliphatic heterocycles. The fraction of sp³-hybridized carbons (Fsp3) is 0.650. The van der Waals surface area contributed by atoms with Crippen LogP contribution in [0.3, 0.4) is 0 Å². The van der Waals surface area contributed by atoms with Gasteiger partial charge in [0.2, 0.25) is 0 Å². The van der Waals surface area contributed by atoms with Crippen LogP contribution in [-0.2, 0) is 16.1 Å². The van der Waals surface area contributed by atoms with Crippen molar-refractivity contribution in [3.63, 3.8) is 0 Å². The van der Waals surface area contributed by atoms with E-state index in [4.69, 9.17) is 9.47 Å². The summed E-state index contributed by atoms with van der Waals surface area (Å²) in [5.41, 5.74) is 1.07. The first-order valence-corrected chi connectivity index (χ1v) is 9.16. The van der Waals surface area contributed by atoms with E-state index in [2.05, 4.69) is 12.2 Å². The van der Waals surface area contributed by atoms with E-state index in [0.717, 1.165) is 23.8 Å². The van der Waals surface area contributed by atoms with Crippen LogP contribution in [-0.4, -0.2) is 25.2 Å². The highest BCUT2D eigenvalue weighted by atomic mass is 16.6. The molecular formula is C20H31NO3. The number of methoxy groups -OCH3 is 1. The van der Waals surface area contributed by atoms with Crippen molar-refractivity contribution >= 4 is 5.97 Å². The van der Waals surface area contributed by atoms with E-state index < -0.39 is 6.10 Å². The molecule has 4 nitrogen and oxygen atoms in total. The van der Waals surface area contributed by atoms with Gasteiger partial charge < -0.3 is 14.8 Å². The summed E-state index contributed by atoms with van der Waals surface area (Å²) in [7, 11) is 1.38. The number of para-hydroxylation sites is 1. The van der Waals surface area contributed by atoms with Crippen molar-refractivity contribution in [1.82, 2.24) is 5.32 Å². The largest absolute Gasteiger partial charge is 0.479 e. The quantitative estimate of drug-likeness (QED) is 0.728. The number of hydrogen-bond donors (Lipinski definition) is 1. The smallest absolute Gasteiger partial charge is 0.346 e. The van der Waals surface area contributed by atoms with Gasteiger partial charge in [-0.05, 0) is 32.3 Å². The molecular weight excluding hydrogens is 302 g/mol. The molecule has 0 aromatic heterocycles. The van der Waals surface area contributed by atoms with E-state index in [-0.39, 0.29) is 5.97 Å². The van der Waals surface area contributed by atoms with Crippen molar-refractivity contribution in [3.05, 3.63) is 29.8 Å². The Bertz CT molecular complexity index is 511. The Morgan fingerprint density at radius 2 is 1.92 bits per heavy atom. The van der Waals surface area contributed by atoms with Crippen LogP contribution in [0.4, 0.5) is 0 Å². The van der Waals surface area contributed by atoms with Crippen LogP contribution >= 0.6 is 0 Å². The summed E-state index contributed by atoms with van der Waals surface area (Å²) in [4.78, 5) is 11.6. The molecule has 4 heteroatoms. The molecule has 1 fully saturated rings. The van der Waals surface area contributed by atoms with E-state index in [1.54, 1.807) is 6.92 Å². The first kappa shape index (κ1) is 18.8. The fourth-order valence-corrected chi connectivity index (χ4v) is 3.46. The third-order valence-corrected chi connectivity index (χ3v) is 4.86. The lowest BCUT2D eigenvalue weighted by molar-refractivity contribution is -0.147. The first-order chi connectivity index (χ1) is 11.6. The number of esters is 1. The Labute approximate surface area is 145 Å².